The highest BCUT2D eigenvalue weighted by atomic mass is 16.5. The second-order valence-electron chi connectivity index (χ2n) is 5.19. The van der Waals surface area contributed by atoms with E-state index >= 15 is 0 Å². The number of esters is 1. The van der Waals surface area contributed by atoms with E-state index in [4.69, 9.17) is 15.2 Å². The third-order valence-corrected chi connectivity index (χ3v) is 3.33. The quantitative estimate of drug-likeness (QED) is 0.754. The lowest BCUT2D eigenvalue weighted by Gasteiger charge is -2.17. The molecule has 1 aromatic carbocycles. The summed E-state index contributed by atoms with van der Waals surface area (Å²) in [4.78, 5) is 33.0. The van der Waals surface area contributed by atoms with E-state index in [2.05, 4.69) is 9.97 Å². The zero-order chi connectivity index (χ0) is 18.2. The molecule has 8 nitrogen and oxygen atoms in total. The van der Waals surface area contributed by atoms with Crippen molar-refractivity contribution < 1.29 is 19.1 Å². The first-order valence-electron chi connectivity index (χ1n) is 7.70. The van der Waals surface area contributed by atoms with Gasteiger partial charge < -0.3 is 20.1 Å². The molecule has 0 aliphatic carbocycles. The molecule has 0 fully saturated rings. The predicted octanol–water partition coefficient (Wildman–Crippen LogP) is 1.27. The van der Waals surface area contributed by atoms with Crippen molar-refractivity contribution in [2.45, 2.75) is 13.5 Å². The van der Waals surface area contributed by atoms with Crippen molar-refractivity contribution in [1.29, 1.82) is 0 Å². The number of anilines is 1. The number of ether oxygens (including phenoxy) is 2. The lowest BCUT2D eigenvalue weighted by molar-refractivity contribution is -0.133. The Labute approximate surface area is 145 Å². The fourth-order valence-electron chi connectivity index (χ4n) is 2.03. The molecular weight excluding hydrogens is 324 g/mol. The minimum atomic E-state index is -0.784. The van der Waals surface area contributed by atoms with E-state index < -0.39 is 12.6 Å². The Morgan fingerprint density at radius 2 is 1.84 bits per heavy atom. The van der Waals surface area contributed by atoms with E-state index in [1.807, 2.05) is 31.2 Å². The molecule has 0 saturated heterocycles. The van der Waals surface area contributed by atoms with Gasteiger partial charge in [-0.25, -0.2) is 14.8 Å². The monoisotopic (exact) mass is 344 g/mol. The van der Waals surface area contributed by atoms with Crippen molar-refractivity contribution in [1.82, 2.24) is 14.9 Å². The highest BCUT2D eigenvalue weighted by Gasteiger charge is 2.17. The molecule has 0 unspecified atom stereocenters. The van der Waals surface area contributed by atoms with Crippen molar-refractivity contribution in [3.63, 3.8) is 0 Å². The van der Waals surface area contributed by atoms with Crippen molar-refractivity contribution in [3.05, 3.63) is 47.9 Å². The summed E-state index contributed by atoms with van der Waals surface area (Å²) < 4.78 is 10.3. The highest BCUT2D eigenvalue weighted by molar-refractivity contribution is 5.93. The largest absolute Gasteiger partial charge is 0.494 e. The first-order valence-corrected chi connectivity index (χ1v) is 7.70. The van der Waals surface area contributed by atoms with Gasteiger partial charge in [0.05, 0.1) is 6.61 Å². The van der Waals surface area contributed by atoms with Crippen LogP contribution in [0.1, 0.15) is 23.0 Å². The molecule has 1 heterocycles. The summed E-state index contributed by atoms with van der Waals surface area (Å²) in [7, 11) is 1.63. The van der Waals surface area contributed by atoms with Crippen LogP contribution in [0.4, 0.5) is 5.82 Å². The standard InChI is InChI=1S/C17H20N4O4/c1-3-24-13-6-4-12(5-7-13)10-21(2)14(22)11-25-17(23)15-16(18)20-9-8-19-15/h4-9H,3,10-11H2,1-2H3,(H2,18,20). The Hall–Kier alpha value is -3.16. The highest BCUT2D eigenvalue weighted by Crippen LogP contribution is 2.13. The number of hydrogen-bond donors (Lipinski definition) is 1. The average Bonchev–Trinajstić information content (AvgIpc) is 2.61. The normalized spacial score (nSPS) is 10.2. The van der Waals surface area contributed by atoms with Crippen molar-refractivity contribution >= 4 is 17.7 Å². The maximum Gasteiger partial charge on any atom is 0.361 e. The van der Waals surface area contributed by atoms with E-state index in [0.717, 1.165) is 11.3 Å². The van der Waals surface area contributed by atoms with Crippen LogP contribution in [-0.2, 0) is 16.1 Å². The Morgan fingerprint density at radius 3 is 2.48 bits per heavy atom. The summed E-state index contributed by atoms with van der Waals surface area (Å²) in [5, 5.41) is 0. The molecule has 2 N–H and O–H groups in total. The minimum Gasteiger partial charge on any atom is -0.494 e. The number of aromatic nitrogens is 2. The number of nitrogens with two attached hydrogens (primary N) is 1. The molecular formula is C17H20N4O4. The molecule has 2 aromatic rings. The third-order valence-electron chi connectivity index (χ3n) is 3.33. The fourth-order valence-corrected chi connectivity index (χ4v) is 2.03. The molecule has 2 rings (SSSR count). The van der Waals surface area contributed by atoms with Gasteiger partial charge in [-0.1, -0.05) is 12.1 Å². The Balaban J connectivity index is 1.85. The number of rotatable bonds is 7. The number of likely N-dealkylation sites (N-methyl/N-ethyl adjacent to an activating group) is 1. The SMILES string of the molecule is CCOc1ccc(CN(C)C(=O)COC(=O)c2nccnc2N)cc1. The summed E-state index contributed by atoms with van der Waals surface area (Å²) in [6.07, 6.45) is 2.69. The molecule has 0 spiro atoms. The van der Waals surface area contributed by atoms with E-state index in [-0.39, 0.29) is 17.4 Å². The first-order chi connectivity index (χ1) is 12.0. The Bertz CT molecular complexity index is 734. The zero-order valence-corrected chi connectivity index (χ0v) is 14.1. The van der Waals surface area contributed by atoms with Crippen LogP contribution < -0.4 is 10.5 Å². The topological polar surface area (TPSA) is 108 Å². The van der Waals surface area contributed by atoms with Crippen LogP contribution in [0.2, 0.25) is 0 Å². The predicted molar refractivity (Wildman–Crippen MR) is 90.8 cm³/mol. The van der Waals surface area contributed by atoms with Gasteiger partial charge in [0, 0.05) is 26.0 Å². The van der Waals surface area contributed by atoms with Crippen LogP contribution in [0, 0.1) is 0 Å². The lowest BCUT2D eigenvalue weighted by Crippen LogP contribution is -2.31. The second kappa shape index (κ2) is 8.62. The van der Waals surface area contributed by atoms with Crippen LogP contribution in [0.15, 0.2) is 36.7 Å². The number of benzene rings is 1. The molecule has 0 radical (unpaired) electrons. The Morgan fingerprint density at radius 1 is 1.16 bits per heavy atom. The van der Waals surface area contributed by atoms with Gasteiger partial charge in [-0.05, 0) is 24.6 Å². The number of amides is 1. The van der Waals surface area contributed by atoms with Crippen LogP contribution in [0.5, 0.6) is 5.75 Å². The molecule has 0 saturated carbocycles. The summed E-state index contributed by atoms with van der Waals surface area (Å²) in [6.45, 7) is 2.49. The summed E-state index contributed by atoms with van der Waals surface area (Å²) in [5.41, 5.74) is 6.37. The van der Waals surface area contributed by atoms with E-state index in [9.17, 15) is 9.59 Å². The lowest BCUT2D eigenvalue weighted by atomic mass is 10.2. The number of carbonyl (C=O) groups excluding carboxylic acids is 2. The molecule has 0 aliphatic rings. The molecule has 1 amide bonds. The van der Waals surface area contributed by atoms with Crippen LogP contribution in [-0.4, -0.2) is 47.0 Å². The van der Waals surface area contributed by atoms with Crippen molar-refractivity contribution in [3.8, 4) is 5.75 Å². The number of hydrogen-bond acceptors (Lipinski definition) is 7. The van der Waals surface area contributed by atoms with Gasteiger partial charge >= 0.3 is 5.97 Å². The maximum absolute atomic E-state index is 12.1. The molecule has 0 aliphatic heterocycles. The molecule has 1 aromatic heterocycles. The molecule has 0 bridgehead atoms. The maximum atomic E-state index is 12.1. The van der Waals surface area contributed by atoms with E-state index in [0.29, 0.717) is 13.2 Å². The van der Waals surface area contributed by atoms with Crippen molar-refractivity contribution in [2.75, 3.05) is 26.0 Å². The second-order valence-corrected chi connectivity index (χ2v) is 5.19. The fraction of sp³-hybridized carbons (Fsp3) is 0.294. The molecule has 25 heavy (non-hydrogen) atoms. The van der Waals surface area contributed by atoms with Crippen LogP contribution in [0.3, 0.4) is 0 Å². The summed E-state index contributed by atoms with van der Waals surface area (Å²) >= 11 is 0. The molecule has 0 atom stereocenters. The average molecular weight is 344 g/mol. The van der Waals surface area contributed by atoms with Gasteiger partial charge in [0.2, 0.25) is 0 Å². The molecule has 132 valence electrons. The van der Waals surface area contributed by atoms with E-state index in [1.165, 1.54) is 17.3 Å². The summed E-state index contributed by atoms with van der Waals surface area (Å²) in [5.74, 6) is -0.392. The Kier molecular flexibility index (Phi) is 6.27. The van der Waals surface area contributed by atoms with Gasteiger partial charge in [0.1, 0.15) is 5.75 Å². The van der Waals surface area contributed by atoms with Gasteiger partial charge in [-0.15, -0.1) is 0 Å². The van der Waals surface area contributed by atoms with Gasteiger partial charge in [-0.3, -0.25) is 4.79 Å². The molecule has 8 heteroatoms. The van der Waals surface area contributed by atoms with Crippen LogP contribution >= 0.6 is 0 Å². The third kappa shape index (κ3) is 5.17. The smallest absolute Gasteiger partial charge is 0.361 e. The van der Waals surface area contributed by atoms with Gasteiger partial charge in [0.15, 0.2) is 18.1 Å². The van der Waals surface area contributed by atoms with E-state index in [1.54, 1.807) is 7.05 Å². The summed E-state index contributed by atoms with van der Waals surface area (Å²) in [6, 6.07) is 7.43. The zero-order valence-electron chi connectivity index (χ0n) is 14.1. The van der Waals surface area contributed by atoms with Gasteiger partial charge in [0.25, 0.3) is 5.91 Å². The number of carbonyl (C=O) groups is 2. The number of nitrogens with zero attached hydrogens (tertiary/aromatic N) is 3. The minimum absolute atomic E-state index is 0.0392. The van der Waals surface area contributed by atoms with Crippen molar-refractivity contribution in [2.24, 2.45) is 0 Å². The van der Waals surface area contributed by atoms with Crippen LogP contribution in [0.25, 0.3) is 0 Å². The number of nitrogen functional groups attached to an aromatic ring is 1. The first kappa shape index (κ1) is 18.2. The van der Waals surface area contributed by atoms with Gasteiger partial charge in [-0.2, -0.15) is 0 Å².